The number of benzene rings is 2. The van der Waals surface area contributed by atoms with Gasteiger partial charge in [-0.15, -0.1) is 0 Å². The van der Waals surface area contributed by atoms with Crippen molar-refractivity contribution in [1.82, 2.24) is 15.6 Å². The minimum absolute atomic E-state index is 1.06. The Morgan fingerprint density at radius 1 is 0.769 bits per heavy atom. The van der Waals surface area contributed by atoms with Crippen molar-refractivity contribution in [2.45, 2.75) is 26.2 Å². The maximum Gasteiger partial charge on any atom is 0.0701 e. The molecule has 0 spiro atoms. The second-order valence-electron chi connectivity index (χ2n) is 6.29. The number of aryl methyl sites for hydroxylation is 1. The van der Waals surface area contributed by atoms with Crippen molar-refractivity contribution in [3.8, 4) is 0 Å². The summed E-state index contributed by atoms with van der Waals surface area (Å²) in [6, 6.07) is 22.7. The van der Waals surface area contributed by atoms with Crippen molar-refractivity contribution in [2.24, 2.45) is 0 Å². The van der Waals surface area contributed by atoms with E-state index >= 15 is 0 Å². The summed E-state index contributed by atoms with van der Waals surface area (Å²) in [6.45, 7) is 6.78. The predicted octanol–water partition coefficient (Wildman–Crippen LogP) is 4.44. The van der Waals surface area contributed by atoms with Crippen molar-refractivity contribution < 1.29 is 0 Å². The molecular formula is C23H31N3. The monoisotopic (exact) mass is 349 g/mol. The van der Waals surface area contributed by atoms with Crippen LogP contribution in [0.3, 0.4) is 0 Å². The zero-order valence-electron chi connectivity index (χ0n) is 15.8. The van der Waals surface area contributed by atoms with Gasteiger partial charge >= 0.3 is 0 Å². The number of unbranched alkanes of at least 4 members (excludes halogenated alkanes) is 1. The highest BCUT2D eigenvalue weighted by Gasteiger charge is 1.91. The average Bonchev–Trinajstić information content (AvgIpc) is 2.75. The van der Waals surface area contributed by atoms with Crippen molar-refractivity contribution >= 4 is 10.9 Å². The van der Waals surface area contributed by atoms with Crippen LogP contribution in [0.15, 0.2) is 72.9 Å². The molecular weight excluding hydrogens is 318 g/mol. The highest BCUT2D eigenvalue weighted by molar-refractivity contribution is 5.77. The van der Waals surface area contributed by atoms with Gasteiger partial charge in [-0.25, -0.2) is 0 Å². The minimum Gasteiger partial charge on any atom is -0.314 e. The zero-order chi connectivity index (χ0) is 18.3. The lowest BCUT2D eigenvalue weighted by Gasteiger charge is -2.11. The van der Waals surface area contributed by atoms with Gasteiger partial charge in [0.15, 0.2) is 0 Å². The molecule has 2 aromatic carbocycles. The van der Waals surface area contributed by atoms with Gasteiger partial charge in [0.25, 0.3) is 0 Å². The molecule has 0 radical (unpaired) electrons. The van der Waals surface area contributed by atoms with E-state index in [1.165, 1.54) is 30.2 Å². The van der Waals surface area contributed by atoms with Gasteiger partial charge in [-0.3, -0.25) is 4.98 Å². The first kappa shape index (κ1) is 20.1. The molecule has 1 aliphatic heterocycles. The third-order valence-electron chi connectivity index (χ3n) is 4.13. The number of piperazine rings is 1. The number of hydrogen-bond acceptors (Lipinski definition) is 3. The molecule has 0 amide bonds. The van der Waals surface area contributed by atoms with Crippen LogP contribution in [0.2, 0.25) is 0 Å². The summed E-state index contributed by atoms with van der Waals surface area (Å²) in [6.07, 6.45) is 5.64. The Balaban J connectivity index is 0.000000145. The van der Waals surface area contributed by atoms with Crippen LogP contribution in [0.4, 0.5) is 0 Å². The number of aromatic nitrogens is 1. The molecule has 26 heavy (non-hydrogen) atoms. The largest absolute Gasteiger partial charge is 0.314 e. The average molecular weight is 350 g/mol. The molecule has 1 aromatic heterocycles. The molecule has 1 aliphatic rings. The summed E-state index contributed by atoms with van der Waals surface area (Å²) >= 11 is 0. The molecule has 0 saturated carbocycles. The number of hydrogen-bond donors (Lipinski definition) is 2. The summed E-state index contributed by atoms with van der Waals surface area (Å²) in [7, 11) is 0. The van der Waals surface area contributed by atoms with Gasteiger partial charge in [0.1, 0.15) is 0 Å². The minimum atomic E-state index is 1.06. The molecule has 1 saturated heterocycles. The summed E-state index contributed by atoms with van der Waals surface area (Å²) in [5, 5.41) is 7.64. The van der Waals surface area contributed by atoms with Gasteiger partial charge in [-0.05, 0) is 30.5 Å². The maximum atomic E-state index is 4.18. The molecule has 0 unspecified atom stereocenters. The van der Waals surface area contributed by atoms with Gasteiger partial charge in [0.05, 0.1) is 5.52 Å². The molecule has 3 heteroatoms. The van der Waals surface area contributed by atoms with Crippen LogP contribution in [0, 0.1) is 0 Å². The number of pyridine rings is 1. The highest BCUT2D eigenvalue weighted by Crippen LogP contribution is 2.08. The van der Waals surface area contributed by atoms with E-state index in [-0.39, 0.29) is 0 Å². The van der Waals surface area contributed by atoms with E-state index in [0.29, 0.717) is 0 Å². The first-order valence-corrected chi connectivity index (χ1v) is 9.65. The van der Waals surface area contributed by atoms with Crippen molar-refractivity contribution in [2.75, 3.05) is 26.2 Å². The van der Waals surface area contributed by atoms with Crippen LogP contribution >= 0.6 is 0 Å². The third kappa shape index (κ3) is 8.24. The first-order valence-electron chi connectivity index (χ1n) is 9.65. The molecule has 138 valence electrons. The lowest BCUT2D eigenvalue weighted by molar-refractivity contribution is 0.534. The lowest BCUT2D eigenvalue weighted by atomic mass is 10.1. The summed E-state index contributed by atoms with van der Waals surface area (Å²) < 4.78 is 0. The highest BCUT2D eigenvalue weighted by atomic mass is 15.0. The Kier molecular flexibility index (Phi) is 10.1. The number of fused-ring (bicyclic) bond motifs is 1. The SMILES string of the molecule is C1CNCCN1.CCCCc1ccccc1.c1ccc2ncccc2c1. The molecule has 3 aromatic rings. The van der Waals surface area contributed by atoms with Crippen molar-refractivity contribution in [1.29, 1.82) is 0 Å². The molecule has 1 fully saturated rings. The van der Waals surface area contributed by atoms with Crippen LogP contribution in [-0.4, -0.2) is 31.2 Å². The van der Waals surface area contributed by atoms with E-state index in [2.05, 4.69) is 65.0 Å². The fraction of sp³-hybridized carbons (Fsp3) is 0.348. The second-order valence-corrected chi connectivity index (χ2v) is 6.29. The topological polar surface area (TPSA) is 37.0 Å². The van der Waals surface area contributed by atoms with Crippen LogP contribution in [-0.2, 0) is 6.42 Å². The van der Waals surface area contributed by atoms with Gasteiger partial charge in [0, 0.05) is 37.8 Å². The number of para-hydroxylation sites is 1. The molecule has 0 bridgehead atoms. The van der Waals surface area contributed by atoms with Gasteiger partial charge in [-0.2, -0.15) is 0 Å². The fourth-order valence-corrected chi connectivity index (χ4v) is 2.65. The Morgan fingerprint density at radius 2 is 1.38 bits per heavy atom. The van der Waals surface area contributed by atoms with E-state index in [1.54, 1.807) is 0 Å². The molecule has 4 rings (SSSR count). The van der Waals surface area contributed by atoms with Gasteiger partial charge in [0.2, 0.25) is 0 Å². The third-order valence-corrected chi connectivity index (χ3v) is 4.13. The fourth-order valence-electron chi connectivity index (χ4n) is 2.65. The lowest BCUT2D eigenvalue weighted by Crippen LogP contribution is -2.39. The standard InChI is InChI=1S/C10H14.C9H7N.C4H10N2/c1-2-3-7-10-8-5-4-6-9-10;1-2-6-9-8(4-1)5-3-7-10-9;1-2-6-4-3-5-1/h4-6,8-9H,2-3,7H2,1H3;1-7H;5-6H,1-4H2. The number of rotatable bonds is 3. The summed E-state index contributed by atoms with van der Waals surface area (Å²) in [5.41, 5.74) is 2.52. The van der Waals surface area contributed by atoms with E-state index < -0.39 is 0 Å². The number of nitrogens with zero attached hydrogens (tertiary/aromatic N) is 1. The quantitative estimate of drug-likeness (QED) is 0.734. The predicted molar refractivity (Wildman–Crippen MR) is 113 cm³/mol. The van der Waals surface area contributed by atoms with E-state index in [1.807, 2.05) is 30.5 Å². The molecule has 0 atom stereocenters. The van der Waals surface area contributed by atoms with Crippen LogP contribution in [0.1, 0.15) is 25.3 Å². The maximum absolute atomic E-state index is 4.18. The smallest absolute Gasteiger partial charge is 0.0701 e. The number of nitrogens with one attached hydrogen (secondary N) is 2. The Morgan fingerprint density at radius 3 is 2.00 bits per heavy atom. The van der Waals surface area contributed by atoms with Crippen LogP contribution < -0.4 is 10.6 Å². The normalized spacial score (nSPS) is 13.1. The summed E-state index contributed by atoms with van der Waals surface area (Å²) in [4.78, 5) is 4.18. The van der Waals surface area contributed by atoms with Crippen LogP contribution in [0.5, 0.6) is 0 Å². The Labute approximate surface area is 157 Å². The van der Waals surface area contributed by atoms with Crippen molar-refractivity contribution in [3.63, 3.8) is 0 Å². The molecule has 0 aliphatic carbocycles. The molecule has 2 heterocycles. The van der Waals surface area contributed by atoms with Gasteiger partial charge in [-0.1, -0.05) is 67.9 Å². The Bertz CT molecular complexity index is 632. The van der Waals surface area contributed by atoms with E-state index in [9.17, 15) is 0 Å². The Hall–Kier alpha value is -2.23. The van der Waals surface area contributed by atoms with Crippen LogP contribution in [0.25, 0.3) is 10.9 Å². The molecule has 3 nitrogen and oxygen atoms in total. The first-order chi connectivity index (χ1) is 12.9. The van der Waals surface area contributed by atoms with Gasteiger partial charge < -0.3 is 10.6 Å². The van der Waals surface area contributed by atoms with Crippen molar-refractivity contribution in [3.05, 3.63) is 78.5 Å². The van der Waals surface area contributed by atoms with E-state index in [0.717, 1.165) is 31.7 Å². The van der Waals surface area contributed by atoms with E-state index in [4.69, 9.17) is 0 Å². The second kappa shape index (κ2) is 13.0. The summed E-state index contributed by atoms with van der Waals surface area (Å²) in [5.74, 6) is 0. The zero-order valence-corrected chi connectivity index (χ0v) is 15.8. The molecule has 2 N–H and O–H groups in total.